The Morgan fingerprint density at radius 2 is 1.94 bits per heavy atom. The molecule has 3 aliphatic heterocycles. The van der Waals surface area contributed by atoms with Crippen molar-refractivity contribution >= 4 is 22.8 Å². The van der Waals surface area contributed by atoms with Gasteiger partial charge < -0.3 is 19.3 Å². The van der Waals surface area contributed by atoms with Crippen LogP contribution in [0.4, 0.5) is 4.79 Å². The lowest BCUT2D eigenvalue weighted by atomic mass is 9.96. The Morgan fingerprint density at radius 1 is 1.14 bits per heavy atom. The van der Waals surface area contributed by atoms with Gasteiger partial charge in [-0.3, -0.25) is 14.5 Å². The summed E-state index contributed by atoms with van der Waals surface area (Å²) < 4.78 is 7.78. The number of urea groups is 1. The first-order valence-electron chi connectivity index (χ1n) is 12.5. The lowest BCUT2D eigenvalue weighted by molar-refractivity contribution is -0.221. The molecule has 36 heavy (non-hydrogen) atoms. The zero-order chi connectivity index (χ0) is 24.8. The number of rotatable bonds is 6. The number of hydrogen-bond donors (Lipinski definition) is 2. The number of aliphatic hydroxyl groups is 1. The van der Waals surface area contributed by atoms with Crippen LogP contribution in [0.1, 0.15) is 53.9 Å². The predicted molar refractivity (Wildman–Crippen MR) is 132 cm³/mol. The van der Waals surface area contributed by atoms with Gasteiger partial charge in [-0.15, -0.1) is 0 Å². The minimum Gasteiger partial charge on any atom is -0.372 e. The van der Waals surface area contributed by atoms with Crippen molar-refractivity contribution in [2.75, 3.05) is 20.2 Å². The monoisotopic (exact) mass is 490 g/mol. The van der Waals surface area contributed by atoms with E-state index < -0.39 is 12.3 Å². The number of likely N-dealkylation sites (N-methyl/N-ethyl adjacent to an activating group) is 1. The van der Waals surface area contributed by atoms with Gasteiger partial charge in [0.1, 0.15) is 6.04 Å². The number of carbonyl (C=O) groups is 2. The van der Waals surface area contributed by atoms with Crippen molar-refractivity contribution in [1.82, 2.24) is 19.8 Å². The van der Waals surface area contributed by atoms with E-state index in [9.17, 15) is 14.7 Å². The number of hydroxylamine groups is 1. The van der Waals surface area contributed by atoms with E-state index in [-0.39, 0.29) is 18.2 Å². The van der Waals surface area contributed by atoms with Gasteiger partial charge in [-0.25, -0.2) is 4.79 Å². The van der Waals surface area contributed by atoms with Gasteiger partial charge in [0.25, 0.3) is 5.91 Å². The van der Waals surface area contributed by atoms with Crippen LogP contribution in [0.25, 0.3) is 10.9 Å². The number of amides is 3. The number of hydrogen-bond acceptors (Lipinski definition) is 6. The number of nitrogens with zero attached hydrogens (tertiary/aromatic N) is 3. The number of fused-ring (bicyclic) bond motifs is 5. The third-order valence-electron chi connectivity index (χ3n) is 7.48. The van der Waals surface area contributed by atoms with Crippen LogP contribution in [-0.2, 0) is 27.3 Å². The highest BCUT2D eigenvalue weighted by molar-refractivity contribution is 6.07. The molecule has 0 spiro atoms. The first kappa shape index (κ1) is 23.2. The molecule has 1 aromatic heterocycles. The fraction of sp³-hybridized carbons (Fsp3) is 0.407. The molecule has 0 radical (unpaired) electrons. The number of ether oxygens (including phenoxy) is 1. The van der Waals surface area contributed by atoms with E-state index in [0.717, 1.165) is 47.0 Å². The van der Waals surface area contributed by atoms with Gasteiger partial charge in [-0.1, -0.05) is 42.5 Å². The van der Waals surface area contributed by atoms with Gasteiger partial charge in [0.15, 0.2) is 12.5 Å². The molecule has 188 valence electrons. The molecule has 2 N–H and O–H groups in total. The van der Waals surface area contributed by atoms with Crippen molar-refractivity contribution in [2.24, 2.45) is 0 Å². The first-order chi connectivity index (χ1) is 17.5. The van der Waals surface area contributed by atoms with Crippen LogP contribution in [0, 0.1) is 0 Å². The number of benzene rings is 2. The van der Waals surface area contributed by atoms with Crippen LogP contribution in [0.2, 0.25) is 0 Å². The van der Waals surface area contributed by atoms with Gasteiger partial charge in [-0.2, -0.15) is 5.48 Å². The molecule has 9 nitrogen and oxygen atoms in total. The van der Waals surface area contributed by atoms with Crippen LogP contribution in [0.5, 0.6) is 0 Å². The van der Waals surface area contributed by atoms with Crippen LogP contribution in [0.3, 0.4) is 0 Å². The Hall–Kier alpha value is -3.24. The second-order valence-electron chi connectivity index (χ2n) is 9.67. The van der Waals surface area contributed by atoms with E-state index in [1.54, 1.807) is 11.9 Å². The second-order valence-corrected chi connectivity index (χ2v) is 9.67. The van der Waals surface area contributed by atoms with Gasteiger partial charge >= 0.3 is 6.03 Å². The zero-order valence-corrected chi connectivity index (χ0v) is 20.2. The minimum atomic E-state index is -0.960. The predicted octanol–water partition coefficient (Wildman–Crippen LogP) is 3.22. The number of aromatic nitrogens is 1. The van der Waals surface area contributed by atoms with Crippen molar-refractivity contribution in [1.29, 1.82) is 0 Å². The number of imide groups is 1. The maximum absolute atomic E-state index is 13.0. The van der Waals surface area contributed by atoms with Crippen molar-refractivity contribution in [3.8, 4) is 0 Å². The number of nitrogens with one attached hydrogen (secondary N) is 1. The number of aliphatic hydroxyl groups excluding tert-OH is 1. The molecule has 0 bridgehead atoms. The first-order valence-corrected chi connectivity index (χ1v) is 12.5. The lowest BCUT2D eigenvalue weighted by Crippen LogP contribution is -2.36. The van der Waals surface area contributed by atoms with Crippen molar-refractivity contribution in [3.05, 3.63) is 70.9 Å². The molecule has 3 aliphatic rings. The Morgan fingerprint density at radius 3 is 2.72 bits per heavy atom. The van der Waals surface area contributed by atoms with Gasteiger partial charge in [0.2, 0.25) is 0 Å². The van der Waals surface area contributed by atoms with E-state index in [0.29, 0.717) is 31.7 Å². The topological polar surface area (TPSA) is 96.3 Å². The molecule has 2 saturated heterocycles. The summed E-state index contributed by atoms with van der Waals surface area (Å²) in [5.74, 6) is -0.171. The maximum Gasteiger partial charge on any atom is 0.327 e. The Kier molecular flexibility index (Phi) is 6.00. The molecule has 3 aromatic rings. The highest BCUT2D eigenvalue weighted by atomic mass is 16.8. The normalized spacial score (nSPS) is 22.7. The molecule has 2 aromatic carbocycles. The Balaban J connectivity index is 1.24. The average Bonchev–Trinajstić information content (AvgIpc) is 3.35. The molecule has 3 atom stereocenters. The van der Waals surface area contributed by atoms with Gasteiger partial charge in [0, 0.05) is 61.7 Å². The molecule has 3 amide bonds. The van der Waals surface area contributed by atoms with Gasteiger partial charge in [-0.05, 0) is 30.0 Å². The number of carbonyl (C=O) groups excluding carboxylic acids is 2. The summed E-state index contributed by atoms with van der Waals surface area (Å²) in [7, 11) is 1.56. The van der Waals surface area contributed by atoms with Crippen LogP contribution >= 0.6 is 0 Å². The SMILES string of the molecule is CN1C(=O)C2c3c(n(Cc4ccc(C(O)NOC5CCCCO5)cc4)c4ccccc34)CCN2C1=O. The largest absolute Gasteiger partial charge is 0.372 e. The van der Waals surface area contributed by atoms with E-state index in [1.165, 1.54) is 4.90 Å². The Bertz CT molecular complexity index is 1300. The summed E-state index contributed by atoms with van der Waals surface area (Å²) in [5, 5.41) is 11.5. The van der Waals surface area contributed by atoms with Crippen molar-refractivity contribution in [3.63, 3.8) is 0 Å². The minimum absolute atomic E-state index is 0.171. The van der Waals surface area contributed by atoms with Crippen LogP contribution in [-0.4, -0.2) is 57.9 Å². The van der Waals surface area contributed by atoms with E-state index in [2.05, 4.69) is 16.1 Å². The fourth-order valence-corrected chi connectivity index (χ4v) is 5.58. The van der Waals surface area contributed by atoms with E-state index in [1.807, 2.05) is 42.5 Å². The van der Waals surface area contributed by atoms with E-state index >= 15 is 0 Å². The molecular weight excluding hydrogens is 460 g/mol. The summed E-state index contributed by atoms with van der Waals surface area (Å²) in [6.07, 6.45) is 2.29. The summed E-state index contributed by atoms with van der Waals surface area (Å²) >= 11 is 0. The quantitative estimate of drug-likeness (QED) is 0.313. The molecule has 9 heteroatoms. The summed E-state index contributed by atoms with van der Waals surface area (Å²) in [6, 6.07) is 15.0. The van der Waals surface area contributed by atoms with Crippen LogP contribution in [0.15, 0.2) is 48.5 Å². The molecule has 6 rings (SSSR count). The average molecular weight is 491 g/mol. The lowest BCUT2D eigenvalue weighted by Gasteiger charge is -2.28. The molecule has 2 fully saturated rings. The van der Waals surface area contributed by atoms with Crippen molar-refractivity contribution in [2.45, 2.75) is 50.8 Å². The molecule has 3 unspecified atom stereocenters. The third-order valence-corrected chi connectivity index (χ3v) is 7.48. The third kappa shape index (κ3) is 3.88. The molecule has 0 aliphatic carbocycles. The standard InChI is InChI=1S/C27H30N4O5/c1-29-26(33)24-23-19-6-2-3-7-20(19)31(21(23)13-14-30(24)27(29)34)16-17-9-11-18(12-10-17)25(32)28-36-22-8-4-5-15-35-22/h2-3,6-7,9-12,22,24-25,28,32H,4-5,8,13-16H2,1H3. The van der Waals surface area contributed by atoms with Gasteiger partial charge in [0.05, 0.1) is 0 Å². The van der Waals surface area contributed by atoms with E-state index in [4.69, 9.17) is 9.57 Å². The fourth-order valence-electron chi connectivity index (χ4n) is 5.58. The highest BCUT2D eigenvalue weighted by Crippen LogP contribution is 2.42. The summed E-state index contributed by atoms with van der Waals surface area (Å²) in [4.78, 5) is 34.0. The van der Waals surface area contributed by atoms with Crippen molar-refractivity contribution < 1.29 is 24.3 Å². The molecular formula is C27H30N4O5. The summed E-state index contributed by atoms with van der Waals surface area (Å²) in [5.41, 5.74) is 7.54. The molecule has 0 saturated carbocycles. The maximum atomic E-state index is 13.0. The Labute approximate surface area is 209 Å². The highest BCUT2D eigenvalue weighted by Gasteiger charge is 2.48. The smallest absolute Gasteiger partial charge is 0.327 e. The second kappa shape index (κ2) is 9.33. The van der Waals surface area contributed by atoms with Crippen LogP contribution < -0.4 is 5.48 Å². The number of para-hydroxylation sites is 1. The molecule has 4 heterocycles. The summed E-state index contributed by atoms with van der Waals surface area (Å²) in [6.45, 7) is 1.82. The zero-order valence-electron chi connectivity index (χ0n) is 20.2.